The standard InChI is InChI=1S/C21H18N2O2S/c24-20(19-6-3-13-26-19)22-18-9-7-16(8-10-18)21(25)23-12-11-15-4-1-2-5-17(15)14-23/h1-10,13H,11-12,14H2,(H,22,24). The van der Waals surface area contributed by atoms with E-state index in [4.69, 9.17) is 0 Å². The molecule has 5 heteroatoms. The third kappa shape index (κ3) is 3.39. The average molecular weight is 362 g/mol. The van der Waals surface area contributed by atoms with Crippen LogP contribution in [0, 0.1) is 0 Å². The van der Waals surface area contributed by atoms with Crippen molar-refractivity contribution in [1.82, 2.24) is 4.90 Å². The molecule has 0 aliphatic carbocycles. The average Bonchev–Trinajstić information content (AvgIpc) is 3.23. The van der Waals surface area contributed by atoms with Gasteiger partial charge in [0.15, 0.2) is 0 Å². The summed E-state index contributed by atoms with van der Waals surface area (Å²) < 4.78 is 0. The quantitative estimate of drug-likeness (QED) is 0.759. The van der Waals surface area contributed by atoms with E-state index in [1.165, 1.54) is 22.5 Å². The molecule has 3 aromatic rings. The molecule has 4 nitrogen and oxygen atoms in total. The number of benzene rings is 2. The summed E-state index contributed by atoms with van der Waals surface area (Å²) in [5, 5.41) is 4.72. The monoisotopic (exact) mass is 362 g/mol. The molecule has 0 saturated carbocycles. The maximum absolute atomic E-state index is 12.8. The minimum atomic E-state index is -0.133. The lowest BCUT2D eigenvalue weighted by molar-refractivity contribution is 0.0734. The van der Waals surface area contributed by atoms with Crippen LogP contribution in [0.4, 0.5) is 5.69 Å². The van der Waals surface area contributed by atoms with E-state index in [0.717, 1.165) is 13.0 Å². The van der Waals surface area contributed by atoms with Crippen molar-refractivity contribution in [3.63, 3.8) is 0 Å². The minimum absolute atomic E-state index is 0.0237. The van der Waals surface area contributed by atoms with Gasteiger partial charge in [-0.2, -0.15) is 0 Å². The van der Waals surface area contributed by atoms with Crippen molar-refractivity contribution in [2.24, 2.45) is 0 Å². The lowest BCUT2D eigenvalue weighted by Gasteiger charge is -2.29. The number of carbonyl (C=O) groups excluding carboxylic acids is 2. The van der Waals surface area contributed by atoms with Crippen LogP contribution >= 0.6 is 11.3 Å². The first kappa shape index (κ1) is 16.5. The molecule has 2 amide bonds. The number of rotatable bonds is 3. The highest BCUT2D eigenvalue weighted by molar-refractivity contribution is 7.12. The van der Waals surface area contributed by atoms with Gasteiger partial charge in [0.25, 0.3) is 11.8 Å². The van der Waals surface area contributed by atoms with Crippen molar-refractivity contribution in [2.45, 2.75) is 13.0 Å². The van der Waals surface area contributed by atoms with E-state index in [0.29, 0.717) is 22.7 Å². The van der Waals surface area contributed by atoms with Gasteiger partial charge in [-0.25, -0.2) is 0 Å². The first-order valence-corrected chi connectivity index (χ1v) is 9.39. The zero-order chi connectivity index (χ0) is 17.9. The summed E-state index contributed by atoms with van der Waals surface area (Å²) in [6, 6.07) is 19.0. The molecule has 2 heterocycles. The van der Waals surface area contributed by atoms with E-state index < -0.39 is 0 Å². The second kappa shape index (κ2) is 7.14. The maximum Gasteiger partial charge on any atom is 0.265 e. The van der Waals surface area contributed by atoms with Crippen LogP contribution in [0.5, 0.6) is 0 Å². The molecule has 0 radical (unpaired) electrons. The van der Waals surface area contributed by atoms with E-state index in [9.17, 15) is 9.59 Å². The van der Waals surface area contributed by atoms with Gasteiger partial charge >= 0.3 is 0 Å². The Morgan fingerprint density at radius 1 is 0.923 bits per heavy atom. The minimum Gasteiger partial charge on any atom is -0.334 e. The third-order valence-electron chi connectivity index (χ3n) is 4.55. The van der Waals surface area contributed by atoms with Crippen LogP contribution in [0.25, 0.3) is 0 Å². The molecule has 0 bridgehead atoms. The second-order valence-corrected chi connectivity index (χ2v) is 7.20. The summed E-state index contributed by atoms with van der Waals surface area (Å²) in [5.74, 6) is -0.109. The Morgan fingerprint density at radius 2 is 1.69 bits per heavy atom. The Labute approximate surface area is 156 Å². The zero-order valence-corrected chi connectivity index (χ0v) is 15.0. The van der Waals surface area contributed by atoms with Gasteiger partial charge in [0, 0.05) is 24.3 Å². The summed E-state index contributed by atoms with van der Waals surface area (Å²) >= 11 is 1.40. The molecule has 0 spiro atoms. The molecule has 26 heavy (non-hydrogen) atoms. The predicted molar refractivity (Wildman–Crippen MR) is 104 cm³/mol. The molecule has 0 atom stereocenters. The van der Waals surface area contributed by atoms with Crippen LogP contribution in [0.1, 0.15) is 31.2 Å². The molecule has 1 aliphatic rings. The Bertz CT molecular complexity index is 933. The summed E-state index contributed by atoms with van der Waals surface area (Å²) in [6.45, 7) is 1.37. The number of carbonyl (C=O) groups is 2. The van der Waals surface area contributed by atoms with Crippen molar-refractivity contribution < 1.29 is 9.59 Å². The number of amides is 2. The molecule has 1 aliphatic heterocycles. The van der Waals surface area contributed by atoms with Gasteiger partial charge in [-0.3, -0.25) is 9.59 Å². The number of thiophene rings is 1. The van der Waals surface area contributed by atoms with Gasteiger partial charge in [0.05, 0.1) is 4.88 Å². The van der Waals surface area contributed by atoms with E-state index >= 15 is 0 Å². The summed E-state index contributed by atoms with van der Waals surface area (Å²) in [7, 11) is 0. The molecule has 0 unspecified atom stereocenters. The van der Waals surface area contributed by atoms with E-state index in [1.54, 1.807) is 30.3 Å². The molecule has 130 valence electrons. The zero-order valence-electron chi connectivity index (χ0n) is 14.1. The van der Waals surface area contributed by atoms with Crippen molar-refractivity contribution in [2.75, 3.05) is 11.9 Å². The highest BCUT2D eigenvalue weighted by Gasteiger charge is 2.21. The Kier molecular flexibility index (Phi) is 4.54. The normalized spacial score (nSPS) is 13.2. The third-order valence-corrected chi connectivity index (χ3v) is 5.42. The smallest absolute Gasteiger partial charge is 0.265 e. The molecule has 4 rings (SSSR count). The van der Waals surface area contributed by atoms with E-state index in [1.807, 2.05) is 28.5 Å². The number of nitrogens with zero attached hydrogens (tertiary/aromatic N) is 1. The fourth-order valence-electron chi connectivity index (χ4n) is 3.15. The van der Waals surface area contributed by atoms with Gasteiger partial charge < -0.3 is 10.2 Å². The van der Waals surface area contributed by atoms with Gasteiger partial charge in [0.2, 0.25) is 0 Å². The number of fused-ring (bicyclic) bond motifs is 1. The lowest BCUT2D eigenvalue weighted by atomic mass is 9.99. The summed E-state index contributed by atoms with van der Waals surface area (Å²) in [4.78, 5) is 27.4. The highest BCUT2D eigenvalue weighted by Crippen LogP contribution is 2.21. The van der Waals surface area contributed by atoms with Crippen LogP contribution in [0.2, 0.25) is 0 Å². The van der Waals surface area contributed by atoms with Crippen molar-refractivity contribution in [3.8, 4) is 0 Å². The molecule has 0 fully saturated rings. The maximum atomic E-state index is 12.8. The Balaban J connectivity index is 1.44. The van der Waals surface area contributed by atoms with Crippen LogP contribution in [0.3, 0.4) is 0 Å². The first-order chi connectivity index (χ1) is 12.7. The molecule has 1 N–H and O–H groups in total. The highest BCUT2D eigenvalue weighted by atomic mass is 32.1. The lowest BCUT2D eigenvalue weighted by Crippen LogP contribution is -2.35. The van der Waals surface area contributed by atoms with E-state index in [2.05, 4.69) is 17.4 Å². The number of anilines is 1. The largest absolute Gasteiger partial charge is 0.334 e. The topological polar surface area (TPSA) is 49.4 Å². The summed E-state index contributed by atoms with van der Waals surface area (Å²) in [6.07, 6.45) is 0.886. The van der Waals surface area contributed by atoms with Gasteiger partial charge in [-0.1, -0.05) is 30.3 Å². The number of nitrogens with one attached hydrogen (secondary N) is 1. The Morgan fingerprint density at radius 3 is 2.42 bits per heavy atom. The fraction of sp³-hybridized carbons (Fsp3) is 0.143. The van der Waals surface area contributed by atoms with Crippen LogP contribution < -0.4 is 5.32 Å². The van der Waals surface area contributed by atoms with Crippen molar-refractivity contribution in [1.29, 1.82) is 0 Å². The SMILES string of the molecule is O=C(Nc1ccc(C(=O)N2CCc3ccccc3C2)cc1)c1cccs1. The molecular weight excluding hydrogens is 344 g/mol. The van der Waals surface area contributed by atoms with Crippen LogP contribution in [0.15, 0.2) is 66.0 Å². The van der Waals surface area contributed by atoms with Crippen LogP contribution in [-0.2, 0) is 13.0 Å². The molecule has 0 saturated heterocycles. The molecule has 1 aromatic heterocycles. The second-order valence-electron chi connectivity index (χ2n) is 6.25. The number of hydrogen-bond donors (Lipinski definition) is 1. The van der Waals surface area contributed by atoms with Crippen LogP contribution in [-0.4, -0.2) is 23.3 Å². The fourth-order valence-corrected chi connectivity index (χ4v) is 3.77. The van der Waals surface area contributed by atoms with Gasteiger partial charge in [-0.15, -0.1) is 11.3 Å². The molecule has 2 aromatic carbocycles. The number of hydrogen-bond acceptors (Lipinski definition) is 3. The molecular formula is C21H18N2O2S. The Hall–Kier alpha value is -2.92. The first-order valence-electron chi connectivity index (χ1n) is 8.52. The van der Waals surface area contributed by atoms with Crippen molar-refractivity contribution >= 4 is 28.8 Å². The summed E-state index contributed by atoms with van der Waals surface area (Å²) in [5.41, 5.74) is 3.86. The van der Waals surface area contributed by atoms with E-state index in [-0.39, 0.29) is 11.8 Å². The van der Waals surface area contributed by atoms with Gasteiger partial charge in [-0.05, 0) is 53.3 Å². The van der Waals surface area contributed by atoms with Gasteiger partial charge in [0.1, 0.15) is 0 Å². The predicted octanol–water partition coefficient (Wildman–Crippen LogP) is 4.20. The van der Waals surface area contributed by atoms with Crippen molar-refractivity contribution in [3.05, 3.63) is 87.6 Å².